The summed E-state index contributed by atoms with van der Waals surface area (Å²) in [4.78, 5) is 8.91. The van der Waals surface area contributed by atoms with E-state index in [1.165, 1.54) is 5.56 Å². The minimum atomic E-state index is 0.220. The zero-order chi connectivity index (χ0) is 19.5. The highest BCUT2D eigenvalue weighted by molar-refractivity contribution is 5.79. The molecule has 0 saturated carbocycles. The number of oxazole rings is 1. The molecule has 27 heavy (non-hydrogen) atoms. The van der Waals surface area contributed by atoms with Crippen molar-refractivity contribution in [1.82, 2.24) is 15.6 Å². The van der Waals surface area contributed by atoms with Gasteiger partial charge in [0.1, 0.15) is 6.54 Å². The Bertz CT molecular complexity index is 688. The lowest BCUT2D eigenvalue weighted by atomic mass is 10.0. The van der Waals surface area contributed by atoms with Crippen molar-refractivity contribution >= 4 is 5.96 Å². The van der Waals surface area contributed by atoms with Crippen LogP contribution in [0.2, 0.25) is 0 Å². The average Bonchev–Trinajstić information content (AvgIpc) is 3.14. The Labute approximate surface area is 162 Å². The van der Waals surface area contributed by atoms with E-state index in [1.807, 2.05) is 19.1 Å². The second-order valence-corrected chi connectivity index (χ2v) is 6.73. The fraction of sp³-hybridized carbons (Fsp3) is 0.524. The molecule has 1 aromatic heterocycles. The van der Waals surface area contributed by atoms with Gasteiger partial charge in [-0.3, -0.25) is 0 Å². The van der Waals surface area contributed by atoms with Crippen LogP contribution in [0.5, 0.6) is 0 Å². The summed E-state index contributed by atoms with van der Waals surface area (Å²) in [5.41, 5.74) is 2.23. The number of aryl methyl sites for hydroxylation is 1. The molecule has 1 aromatic carbocycles. The smallest absolute Gasteiger partial charge is 0.216 e. The average molecular weight is 373 g/mol. The number of nitrogens with zero attached hydrogens (tertiary/aromatic N) is 2. The number of hydrogen-bond donors (Lipinski definition) is 3. The number of aliphatic hydroxyl groups is 1. The Morgan fingerprint density at radius 2 is 1.96 bits per heavy atom. The molecule has 148 valence electrons. The third-order valence-corrected chi connectivity index (χ3v) is 4.40. The SMILES string of the molecule is CCCC(CCO)CNC(=NCc1ncc(-c2ccc(C)cc2)o1)NCC. The van der Waals surface area contributed by atoms with Crippen molar-refractivity contribution in [2.24, 2.45) is 10.9 Å². The fourth-order valence-corrected chi connectivity index (χ4v) is 2.90. The summed E-state index contributed by atoms with van der Waals surface area (Å²) in [6.45, 7) is 8.43. The van der Waals surface area contributed by atoms with Gasteiger partial charge in [0.15, 0.2) is 11.7 Å². The van der Waals surface area contributed by atoms with Crippen LogP contribution in [0.1, 0.15) is 44.6 Å². The molecule has 1 unspecified atom stereocenters. The van der Waals surface area contributed by atoms with Crippen LogP contribution >= 0.6 is 0 Å². The van der Waals surface area contributed by atoms with E-state index in [1.54, 1.807) is 6.20 Å². The number of hydrogen-bond acceptors (Lipinski definition) is 4. The number of nitrogens with one attached hydrogen (secondary N) is 2. The van der Waals surface area contributed by atoms with Crippen LogP contribution in [0.4, 0.5) is 0 Å². The van der Waals surface area contributed by atoms with Gasteiger partial charge in [-0.1, -0.05) is 43.2 Å². The van der Waals surface area contributed by atoms with E-state index in [0.29, 0.717) is 18.4 Å². The second-order valence-electron chi connectivity index (χ2n) is 6.73. The summed E-state index contributed by atoms with van der Waals surface area (Å²) < 4.78 is 5.83. The third kappa shape index (κ3) is 7.06. The Balaban J connectivity index is 1.96. The van der Waals surface area contributed by atoms with E-state index >= 15 is 0 Å². The van der Waals surface area contributed by atoms with Crippen molar-refractivity contribution in [2.45, 2.75) is 46.6 Å². The minimum Gasteiger partial charge on any atom is -0.439 e. The summed E-state index contributed by atoms with van der Waals surface area (Å²) in [5.74, 6) is 2.53. The van der Waals surface area contributed by atoms with E-state index in [2.05, 4.69) is 46.6 Å². The van der Waals surface area contributed by atoms with Crippen LogP contribution in [0.3, 0.4) is 0 Å². The molecule has 0 aliphatic heterocycles. The Hall–Kier alpha value is -2.34. The Morgan fingerprint density at radius 1 is 1.19 bits per heavy atom. The number of rotatable bonds is 10. The van der Waals surface area contributed by atoms with Gasteiger partial charge in [0.25, 0.3) is 0 Å². The standard InChI is InChI=1S/C21H32N4O2/c1-4-6-17(11-12-26)13-24-21(22-5-2)25-15-20-23-14-19(27-20)18-9-7-16(3)8-10-18/h7-10,14,17,26H,4-6,11-13,15H2,1-3H3,(H2,22,24,25). The number of aliphatic imine (C=N–C) groups is 1. The largest absolute Gasteiger partial charge is 0.439 e. The van der Waals surface area contributed by atoms with Crippen LogP contribution in [0.15, 0.2) is 39.9 Å². The van der Waals surface area contributed by atoms with Gasteiger partial charge in [-0.25, -0.2) is 9.98 Å². The van der Waals surface area contributed by atoms with Gasteiger partial charge in [-0.15, -0.1) is 0 Å². The predicted molar refractivity (Wildman–Crippen MR) is 110 cm³/mol. The highest BCUT2D eigenvalue weighted by Crippen LogP contribution is 2.21. The summed E-state index contributed by atoms with van der Waals surface area (Å²) in [5, 5.41) is 15.8. The van der Waals surface area contributed by atoms with Crippen molar-refractivity contribution < 1.29 is 9.52 Å². The first-order chi connectivity index (χ1) is 13.2. The monoisotopic (exact) mass is 372 g/mol. The molecule has 0 bridgehead atoms. The van der Waals surface area contributed by atoms with Gasteiger partial charge in [0.2, 0.25) is 5.89 Å². The first-order valence-corrected chi connectivity index (χ1v) is 9.81. The molecule has 0 aliphatic carbocycles. The van der Waals surface area contributed by atoms with E-state index in [9.17, 15) is 5.11 Å². The maximum atomic E-state index is 9.20. The van der Waals surface area contributed by atoms with E-state index in [4.69, 9.17) is 4.42 Å². The van der Waals surface area contributed by atoms with Gasteiger partial charge in [-0.05, 0) is 32.6 Å². The van der Waals surface area contributed by atoms with Gasteiger partial charge in [-0.2, -0.15) is 0 Å². The van der Waals surface area contributed by atoms with E-state index < -0.39 is 0 Å². The molecular formula is C21H32N4O2. The molecule has 6 nitrogen and oxygen atoms in total. The minimum absolute atomic E-state index is 0.220. The highest BCUT2D eigenvalue weighted by atomic mass is 16.4. The zero-order valence-electron chi connectivity index (χ0n) is 16.7. The van der Waals surface area contributed by atoms with Gasteiger partial charge < -0.3 is 20.2 Å². The second kappa shape index (κ2) is 11.4. The Morgan fingerprint density at radius 3 is 2.63 bits per heavy atom. The summed E-state index contributed by atoms with van der Waals surface area (Å²) in [6, 6.07) is 8.18. The number of guanidine groups is 1. The van der Waals surface area contributed by atoms with Gasteiger partial charge in [0, 0.05) is 25.3 Å². The van der Waals surface area contributed by atoms with Gasteiger partial charge >= 0.3 is 0 Å². The fourth-order valence-electron chi connectivity index (χ4n) is 2.90. The molecule has 1 atom stereocenters. The maximum Gasteiger partial charge on any atom is 0.216 e. The number of aliphatic hydroxyl groups excluding tert-OH is 1. The van der Waals surface area contributed by atoms with Crippen LogP contribution in [-0.2, 0) is 6.54 Å². The van der Waals surface area contributed by atoms with Crippen molar-refractivity contribution in [3.63, 3.8) is 0 Å². The quantitative estimate of drug-likeness (QED) is 0.439. The molecule has 2 rings (SSSR count). The number of aromatic nitrogens is 1. The van der Waals surface area contributed by atoms with Crippen LogP contribution < -0.4 is 10.6 Å². The van der Waals surface area contributed by atoms with Crippen molar-refractivity contribution in [1.29, 1.82) is 0 Å². The predicted octanol–water partition coefficient (Wildman–Crippen LogP) is 3.50. The summed E-state index contributed by atoms with van der Waals surface area (Å²) in [7, 11) is 0. The molecule has 1 heterocycles. The molecule has 0 saturated heterocycles. The lowest BCUT2D eigenvalue weighted by Crippen LogP contribution is -2.40. The normalized spacial score (nSPS) is 12.8. The zero-order valence-corrected chi connectivity index (χ0v) is 16.7. The molecule has 0 aliphatic rings. The lowest BCUT2D eigenvalue weighted by molar-refractivity contribution is 0.251. The van der Waals surface area contributed by atoms with E-state index in [-0.39, 0.29) is 6.61 Å². The molecule has 0 fully saturated rings. The van der Waals surface area contributed by atoms with Crippen molar-refractivity contribution in [3.05, 3.63) is 41.9 Å². The molecular weight excluding hydrogens is 340 g/mol. The molecule has 0 amide bonds. The van der Waals surface area contributed by atoms with Crippen LogP contribution in [0, 0.1) is 12.8 Å². The molecule has 2 aromatic rings. The molecule has 0 radical (unpaired) electrons. The van der Waals surface area contributed by atoms with Gasteiger partial charge in [0.05, 0.1) is 6.20 Å². The summed E-state index contributed by atoms with van der Waals surface area (Å²) >= 11 is 0. The highest BCUT2D eigenvalue weighted by Gasteiger charge is 2.09. The van der Waals surface area contributed by atoms with E-state index in [0.717, 1.165) is 49.6 Å². The molecule has 6 heteroatoms. The molecule has 0 spiro atoms. The van der Waals surface area contributed by atoms with Crippen LogP contribution in [-0.4, -0.2) is 35.7 Å². The first kappa shape index (κ1) is 21.0. The number of benzene rings is 1. The topological polar surface area (TPSA) is 82.7 Å². The third-order valence-electron chi connectivity index (χ3n) is 4.40. The lowest BCUT2D eigenvalue weighted by Gasteiger charge is -2.18. The van der Waals surface area contributed by atoms with Crippen molar-refractivity contribution in [3.8, 4) is 11.3 Å². The molecule has 3 N–H and O–H groups in total. The van der Waals surface area contributed by atoms with Crippen molar-refractivity contribution in [2.75, 3.05) is 19.7 Å². The Kier molecular flexibility index (Phi) is 8.84. The first-order valence-electron chi connectivity index (χ1n) is 9.81. The van der Waals surface area contributed by atoms with Crippen LogP contribution in [0.25, 0.3) is 11.3 Å². The maximum absolute atomic E-state index is 9.20. The summed E-state index contributed by atoms with van der Waals surface area (Å²) in [6.07, 6.45) is 4.75.